The highest BCUT2D eigenvalue weighted by Gasteiger charge is 2.35. The molecule has 2 aromatic rings. The van der Waals surface area contributed by atoms with Crippen molar-refractivity contribution in [1.29, 1.82) is 5.26 Å². The highest BCUT2D eigenvalue weighted by atomic mass is 32.2. The number of alkyl halides is 3. The minimum absolute atomic E-state index is 0.00870. The predicted octanol–water partition coefficient (Wildman–Crippen LogP) is 4.99. The van der Waals surface area contributed by atoms with Gasteiger partial charge >= 0.3 is 6.18 Å². The molecule has 0 aliphatic carbocycles. The molecule has 0 fully saturated rings. The second kappa shape index (κ2) is 9.56. The third-order valence-electron chi connectivity index (χ3n) is 3.87. The molecule has 0 unspecified atom stereocenters. The van der Waals surface area contributed by atoms with E-state index < -0.39 is 17.3 Å². The summed E-state index contributed by atoms with van der Waals surface area (Å²) in [5.74, 6) is -0.0711. The average molecular weight is 421 g/mol. The number of hydrogen-bond donors (Lipinski definition) is 1. The number of carbonyl (C=O) groups is 2. The smallest absolute Gasteiger partial charge is 0.326 e. The number of aryl methyl sites for hydroxylation is 1. The third-order valence-corrected chi connectivity index (χ3v) is 4.93. The van der Waals surface area contributed by atoms with Crippen LogP contribution < -0.4 is 5.32 Å². The number of benzene rings is 1. The number of anilines is 1. The largest absolute Gasteiger partial charge is 0.417 e. The number of thioether (sulfide) groups is 1. The second-order valence-corrected chi connectivity index (χ2v) is 7.32. The molecule has 0 radical (unpaired) electrons. The standard InChI is InChI=1S/C20H18F3N3O2S/c1-12-9-17(20(21,22)23)16(11-24)19(25-12)29-8-4-7-18(28)26-15-6-3-5-14(10-15)13(2)27/h3,5-6,9-10H,4,7-8H2,1-2H3,(H,26,28). The SMILES string of the molecule is CC(=O)c1cccc(NC(=O)CCCSc2nc(C)cc(C(F)(F)F)c2C#N)c1. The first-order chi connectivity index (χ1) is 13.6. The molecule has 0 saturated carbocycles. The molecule has 0 aliphatic rings. The minimum atomic E-state index is -4.64. The van der Waals surface area contributed by atoms with Gasteiger partial charge in [0.1, 0.15) is 11.1 Å². The fraction of sp³-hybridized carbons (Fsp3) is 0.300. The fourth-order valence-corrected chi connectivity index (χ4v) is 3.51. The molecule has 152 valence electrons. The van der Waals surface area contributed by atoms with E-state index in [1.807, 2.05) is 0 Å². The number of hydrogen-bond acceptors (Lipinski definition) is 5. The molecular formula is C20H18F3N3O2S. The van der Waals surface area contributed by atoms with E-state index in [0.29, 0.717) is 23.4 Å². The van der Waals surface area contributed by atoms with Gasteiger partial charge in [0.2, 0.25) is 5.91 Å². The Morgan fingerprint density at radius 2 is 2.00 bits per heavy atom. The van der Waals surface area contributed by atoms with Crippen LogP contribution in [0, 0.1) is 18.3 Å². The minimum Gasteiger partial charge on any atom is -0.326 e. The van der Waals surface area contributed by atoms with Gasteiger partial charge in [0, 0.05) is 29.1 Å². The number of nitrogens with zero attached hydrogens (tertiary/aromatic N) is 2. The lowest BCUT2D eigenvalue weighted by Gasteiger charge is -2.12. The van der Waals surface area contributed by atoms with Crippen molar-refractivity contribution in [3.8, 4) is 6.07 Å². The van der Waals surface area contributed by atoms with Crippen LogP contribution >= 0.6 is 11.8 Å². The number of nitrogens with one attached hydrogen (secondary N) is 1. The second-order valence-electron chi connectivity index (χ2n) is 6.24. The summed E-state index contributed by atoms with van der Waals surface area (Å²) in [4.78, 5) is 27.5. The van der Waals surface area contributed by atoms with E-state index >= 15 is 0 Å². The number of aromatic nitrogens is 1. The van der Waals surface area contributed by atoms with Crippen LogP contribution in [0.1, 0.15) is 46.9 Å². The molecule has 5 nitrogen and oxygen atoms in total. The highest BCUT2D eigenvalue weighted by molar-refractivity contribution is 7.99. The number of nitriles is 1. The lowest BCUT2D eigenvalue weighted by atomic mass is 10.1. The van der Waals surface area contributed by atoms with Crippen LogP contribution in [0.5, 0.6) is 0 Å². The molecule has 2 rings (SSSR count). The number of amides is 1. The summed E-state index contributed by atoms with van der Waals surface area (Å²) in [5, 5.41) is 11.8. The Bertz CT molecular complexity index is 968. The van der Waals surface area contributed by atoms with Crippen LogP contribution in [0.4, 0.5) is 18.9 Å². The zero-order chi connectivity index (χ0) is 21.6. The molecule has 1 N–H and O–H groups in total. The van der Waals surface area contributed by atoms with Gasteiger partial charge in [0.15, 0.2) is 5.78 Å². The summed E-state index contributed by atoms with van der Waals surface area (Å²) in [6.07, 6.45) is -4.12. The Morgan fingerprint density at radius 3 is 2.62 bits per heavy atom. The van der Waals surface area contributed by atoms with E-state index in [2.05, 4.69) is 10.3 Å². The molecule has 1 aromatic carbocycles. The Hall–Kier alpha value is -2.86. The monoisotopic (exact) mass is 421 g/mol. The maximum Gasteiger partial charge on any atom is 0.417 e. The first-order valence-corrected chi connectivity index (χ1v) is 9.63. The van der Waals surface area contributed by atoms with Crippen molar-refractivity contribution in [2.75, 3.05) is 11.1 Å². The van der Waals surface area contributed by atoms with Gasteiger partial charge in [-0.15, -0.1) is 11.8 Å². The summed E-state index contributed by atoms with van der Waals surface area (Å²) < 4.78 is 39.3. The first-order valence-electron chi connectivity index (χ1n) is 8.64. The summed E-state index contributed by atoms with van der Waals surface area (Å²) >= 11 is 1.01. The lowest BCUT2D eigenvalue weighted by molar-refractivity contribution is -0.138. The Morgan fingerprint density at radius 1 is 1.28 bits per heavy atom. The summed E-state index contributed by atoms with van der Waals surface area (Å²) in [6, 6.07) is 8.97. The highest BCUT2D eigenvalue weighted by Crippen LogP contribution is 2.36. The molecule has 1 amide bonds. The molecular weight excluding hydrogens is 403 g/mol. The van der Waals surface area contributed by atoms with Gasteiger partial charge in [-0.1, -0.05) is 12.1 Å². The van der Waals surface area contributed by atoms with Crippen LogP contribution in [-0.2, 0) is 11.0 Å². The maximum absolute atomic E-state index is 13.1. The molecule has 29 heavy (non-hydrogen) atoms. The molecule has 0 saturated heterocycles. The van der Waals surface area contributed by atoms with E-state index in [1.165, 1.54) is 13.8 Å². The van der Waals surface area contributed by atoms with Crippen molar-refractivity contribution >= 4 is 29.1 Å². The molecule has 1 aromatic heterocycles. The van der Waals surface area contributed by atoms with Crippen molar-refractivity contribution in [3.05, 3.63) is 52.7 Å². The van der Waals surface area contributed by atoms with E-state index in [9.17, 15) is 22.8 Å². The predicted molar refractivity (Wildman–Crippen MR) is 104 cm³/mol. The Balaban J connectivity index is 1.95. The van der Waals surface area contributed by atoms with Gasteiger partial charge in [-0.05, 0) is 38.5 Å². The Labute approximate surface area is 170 Å². The van der Waals surface area contributed by atoms with Crippen LogP contribution in [0.15, 0.2) is 35.4 Å². The summed E-state index contributed by atoms with van der Waals surface area (Å²) in [6.45, 7) is 2.86. The van der Waals surface area contributed by atoms with Crippen LogP contribution in [0.3, 0.4) is 0 Å². The van der Waals surface area contributed by atoms with Gasteiger partial charge in [-0.3, -0.25) is 9.59 Å². The van der Waals surface area contributed by atoms with Gasteiger partial charge < -0.3 is 5.32 Å². The summed E-state index contributed by atoms with van der Waals surface area (Å²) in [5.41, 5.74) is -0.357. The molecule has 0 bridgehead atoms. The van der Waals surface area contributed by atoms with Crippen molar-refractivity contribution < 1.29 is 22.8 Å². The average Bonchev–Trinajstić information content (AvgIpc) is 2.64. The molecule has 9 heteroatoms. The lowest BCUT2D eigenvalue weighted by Crippen LogP contribution is -2.12. The number of halogens is 3. The van der Waals surface area contributed by atoms with Crippen LogP contribution in [0.2, 0.25) is 0 Å². The topological polar surface area (TPSA) is 82.8 Å². The van der Waals surface area contributed by atoms with Gasteiger partial charge in [-0.2, -0.15) is 18.4 Å². The normalized spacial score (nSPS) is 11.0. The van der Waals surface area contributed by atoms with Gasteiger partial charge in [0.25, 0.3) is 0 Å². The zero-order valence-corrected chi connectivity index (χ0v) is 16.6. The number of carbonyl (C=O) groups excluding carboxylic acids is 2. The van der Waals surface area contributed by atoms with E-state index in [-0.39, 0.29) is 28.8 Å². The first kappa shape index (κ1) is 22.4. The van der Waals surface area contributed by atoms with Crippen LogP contribution in [0.25, 0.3) is 0 Å². The van der Waals surface area contributed by atoms with Gasteiger partial charge in [-0.25, -0.2) is 4.98 Å². The molecule has 0 spiro atoms. The number of ketones is 1. The molecule has 1 heterocycles. The zero-order valence-electron chi connectivity index (χ0n) is 15.8. The maximum atomic E-state index is 13.1. The van der Waals surface area contributed by atoms with Crippen molar-refractivity contribution in [2.24, 2.45) is 0 Å². The fourth-order valence-electron chi connectivity index (χ4n) is 2.52. The third kappa shape index (κ3) is 6.32. The Kier molecular flexibility index (Phi) is 7.40. The van der Waals surface area contributed by atoms with E-state index in [0.717, 1.165) is 17.8 Å². The van der Waals surface area contributed by atoms with E-state index in [4.69, 9.17) is 5.26 Å². The quantitative estimate of drug-likeness (QED) is 0.387. The van der Waals surface area contributed by atoms with E-state index in [1.54, 1.807) is 30.3 Å². The van der Waals surface area contributed by atoms with Crippen molar-refractivity contribution in [3.63, 3.8) is 0 Å². The van der Waals surface area contributed by atoms with Crippen molar-refractivity contribution in [2.45, 2.75) is 37.9 Å². The van der Waals surface area contributed by atoms with Crippen LogP contribution in [-0.4, -0.2) is 22.4 Å². The van der Waals surface area contributed by atoms with Gasteiger partial charge in [0.05, 0.1) is 11.1 Å². The number of rotatable bonds is 7. The number of Topliss-reactive ketones (excluding diaryl/α,β-unsaturated/α-hetero) is 1. The van der Waals surface area contributed by atoms with Crippen molar-refractivity contribution in [1.82, 2.24) is 4.98 Å². The molecule has 0 aliphatic heterocycles. The summed E-state index contributed by atoms with van der Waals surface area (Å²) in [7, 11) is 0. The number of pyridine rings is 1. The molecule has 0 atom stereocenters.